The highest BCUT2D eigenvalue weighted by molar-refractivity contribution is 6.09. The van der Waals surface area contributed by atoms with Gasteiger partial charge in [0.2, 0.25) is 5.91 Å². The molecule has 2 amide bonds. The Bertz CT molecular complexity index is 1050. The molecule has 0 bridgehead atoms. The largest absolute Gasteiger partial charge is 0.488 e. The fourth-order valence-electron chi connectivity index (χ4n) is 2.48. The Balaban J connectivity index is 2.36. The number of allylic oxidation sites excluding steroid dienone is 1. The third-order valence-corrected chi connectivity index (χ3v) is 4.18. The lowest BCUT2D eigenvalue weighted by molar-refractivity contribution is 0.0972. The van der Waals surface area contributed by atoms with Crippen LogP contribution in [0.25, 0.3) is 0 Å². The molecular formula is C22H25FN4O5. The Labute approximate surface area is 184 Å². The van der Waals surface area contributed by atoms with Crippen LogP contribution in [0.1, 0.15) is 34.6 Å². The molecule has 9 nitrogen and oxygen atoms in total. The number of benzene rings is 2. The predicted molar refractivity (Wildman–Crippen MR) is 117 cm³/mol. The van der Waals surface area contributed by atoms with Gasteiger partial charge in [-0.2, -0.15) is 0 Å². The second-order valence-corrected chi connectivity index (χ2v) is 6.86. The van der Waals surface area contributed by atoms with Crippen LogP contribution in [0.5, 0.6) is 17.2 Å². The van der Waals surface area contributed by atoms with Gasteiger partial charge < -0.3 is 30.9 Å². The van der Waals surface area contributed by atoms with Crippen molar-refractivity contribution < 1.29 is 28.6 Å². The van der Waals surface area contributed by atoms with Crippen molar-refractivity contribution in [3.8, 4) is 17.2 Å². The van der Waals surface area contributed by atoms with Gasteiger partial charge in [-0.05, 0) is 50.3 Å². The van der Waals surface area contributed by atoms with Crippen molar-refractivity contribution in [3.05, 3.63) is 65.1 Å². The molecule has 2 aromatic rings. The van der Waals surface area contributed by atoms with Gasteiger partial charge in [0.1, 0.15) is 23.4 Å². The molecule has 0 saturated carbocycles. The SMILES string of the molecule is CN/C(C)=C\C(=N)NC(=O)c1cc(Oc2ccc(C(N)=O)cc2F)cc(O[C@@H](C)CO)c1. The van der Waals surface area contributed by atoms with Gasteiger partial charge in [-0.3, -0.25) is 15.0 Å². The highest BCUT2D eigenvalue weighted by Crippen LogP contribution is 2.30. The molecule has 0 fully saturated rings. The lowest BCUT2D eigenvalue weighted by Gasteiger charge is -2.15. The quantitative estimate of drug-likeness (QED) is 0.296. The van der Waals surface area contributed by atoms with Crippen molar-refractivity contribution in [1.82, 2.24) is 10.6 Å². The van der Waals surface area contributed by atoms with Crippen LogP contribution in [0, 0.1) is 11.2 Å². The molecule has 0 radical (unpaired) electrons. The monoisotopic (exact) mass is 444 g/mol. The first-order valence-electron chi connectivity index (χ1n) is 9.58. The van der Waals surface area contributed by atoms with Crippen molar-refractivity contribution >= 4 is 17.6 Å². The van der Waals surface area contributed by atoms with Crippen molar-refractivity contribution in [2.45, 2.75) is 20.0 Å². The molecule has 170 valence electrons. The Morgan fingerprint density at radius 1 is 1.22 bits per heavy atom. The molecule has 0 aliphatic rings. The number of rotatable bonds is 9. The summed E-state index contributed by atoms with van der Waals surface area (Å²) in [6.07, 6.45) is 0.853. The number of carbonyl (C=O) groups excluding carboxylic acids is 2. The fourth-order valence-corrected chi connectivity index (χ4v) is 2.48. The normalized spacial score (nSPS) is 12.0. The standard InChI is InChI=1S/C22H25FN4O5/c1-12(26-3)6-20(24)27-22(30)15-7-16(31-13(2)11-28)10-17(8-15)32-19-5-4-14(21(25)29)9-18(19)23/h4-10,13,26,28H,11H2,1-3H3,(H2,25,29)(H2,24,27,30)/b12-6-/t13-/m0/s1. The summed E-state index contributed by atoms with van der Waals surface area (Å²) in [4.78, 5) is 23.8. The molecule has 0 aliphatic carbocycles. The lowest BCUT2D eigenvalue weighted by Crippen LogP contribution is -2.29. The van der Waals surface area contributed by atoms with E-state index < -0.39 is 23.7 Å². The summed E-state index contributed by atoms with van der Waals surface area (Å²) >= 11 is 0. The van der Waals surface area contributed by atoms with Gasteiger partial charge in [0, 0.05) is 29.9 Å². The van der Waals surface area contributed by atoms with E-state index in [-0.39, 0.29) is 40.8 Å². The van der Waals surface area contributed by atoms with Gasteiger partial charge in [-0.1, -0.05) is 0 Å². The van der Waals surface area contributed by atoms with Crippen LogP contribution in [0.4, 0.5) is 4.39 Å². The topological polar surface area (TPSA) is 147 Å². The number of hydrogen-bond acceptors (Lipinski definition) is 7. The lowest BCUT2D eigenvalue weighted by atomic mass is 10.1. The smallest absolute Gasteiger partial charge is 0.257 e. The number of primary amides is 1. The first kappa shape index (κ1) is 24.4. The van der Waals surface area contributed by atoms with Gasteiger partial charge in [0.25, 0.3) is 5.91 Å². The zero-order chi connectivity index (χ0) is 23.8. The van der Waals surface area contributed by atoms with E-state index in [0.29, 0.717) is 5.70 Å². The molecule has 0 heterocycles. The minimum Gasteiger partial charge on any atom is -0.488 e. The summed E-state index contributed by atoms with van der Waals surface area (Å²) in [7, 11) is 1.68. The van der Waals surface area contributed by atoms with E-state index in [2.05, 4.69) is 10.6 Å². The predicted octanol–water partition coefficient (Wildman–Crippen LogP) is 2.31. The molecule has 32 heavy (non-hydrogen) atoms. The average Bonchev–Trinajstić information content (AvgIpc) is 2.74. The summed E-state index contributed by atoms with van der Waals surface area (Å²) in [5.74, 6) is -2.31. The number of ether oxygens (including phenoxy) is 2. The maximum absolute atomic E-state index is 14.3. The summed E-state index contributed by atoms with van der Waals surface area (Å²) in [5.41, 5.74) is 5.87. The second kappa shape index (κ2) is 10.9. The Hall–Kier alpha value is -3.92. The third-order valence-electron chi connectivity index (χ3n) is 4.18. The Morgan fingerprint density at radius 2 is 1.91 bits per heavy atom. The van der Waals surface area contributed by atoms with Crippen LogP contribution in [0.2, 0.25) is 0 Å². The molecule has 10 heteroatoms. The average molecular weight is 444 g/mol. The maximum Gasteiger partial charge on any atom is 0.257 e. The van der Waals surface area contributed by atoms with Crippen LogP contribution in [-0.4, -0.2) is 42.5 Å². The first-order valence-corrected chi connectivity index (χ1v) is 9.58. The maximum atomic E-state index is 14.3. The summed E-state index contributed by atoms with van der Waals surface area (Å²) in [6, 6.07) is 7.65. The third kappa shape index (κ3) is 6.81. The van der Waals surface area contributed by atoms with Gasteiger partial charge in [0.05, 0.1) is 6.61 Å². The minimum absolute atomic E-state index is 0.0211. The molecular weight excluding hydrogens is 419 g/mol. The zero-order valence-corrected chi connectivity index (χ0v) is 17.9. The van der Waals surface area contributed by atoms with E-state index in [1.807, 2.05) is 0 Å². The summed E-state index contributed by atoms with van der Waals surface area (Å²) in [6.45, 7) is 3.08. The number of carbonyl (C=O) groups is 2. The molecule has 0 unspecified atom stereocenters. The number of amidine groups is 1. The van der Waals surface area contributed by atoms with Crippen LogP contribution < -0.4 is 25.8 Å². The zero-order valence-electron chi connectivity index (χ0n) is 17.9. The molecule has 6 N–H and O–H groups in total. The van der Waals surface area contributed by atoms with Crippen LogP contribution >= 0.6 is 0 Å². The number of nitrogens with one attached hydrogen (secondary N) is 3. The van der Waals surface area contributed by atoms with Crippen molar-refractivity contribution in [2.75, 3.05) is 13.7 Å². The minimum atomic E-state index is -0.822. The van der Waals surface area contributed by atoms with E-state index in [9.17, 15) is 19.1 Å². The fraction of sp³-hybridized carbons (Fsp3) is 0.227. The molecule has 2 rings (SSSR count). The van der Waals surface area contributed by atoms with Crippen molar-refractivity contribution in [1.29, 1.82) is 5.41 Å². The van der Waals surface area contributed by atoms with E-state index in [0.717, 1.165) is 6.07 Å². The number of aliphatic hydroxyl groups excluding tert-OH is 1. The van der Waals surface area contributed by atoms with Crippen molar-refractivity contribution in [2.24, 2.45) is 5.73 Å². The highest BCUT2D eigenvalue weighted by atomic mass is 19.1. The van der Waals surface area contributed by atoms with Gasteiger partial charge >= 0.3 is 0 Å². The van der Waals surface area contributed by atoms with Crippen LogP contribution in [-0.2, 0) is 0 Å². The number of hydrogen-bond donors (Lipinski definition) is 5. The number of aliphatic hydroxyl groups is 1. The summed E-state index contributed by atoms with van der Waals surface area (Å²) < 4.78 is 25.4. The second-order valence-electron chi connectivity index (χ2n) is 6.86. The van der Waals surface area contributed by atoms with Crippen LogP contribution in [0.3, 0.4) is 0 Å². The van der Waals surface area contributed by atoms with E-state index in [4.69, 9.17) is 20.6 Å². The molecule has 0 spiro atoms. The molecule has 0 saturated heterocycles. The molecule has 0 aliphatic heterocycles. The number of amides is 2. The van der Waals surface area contributed by atoms with Gasteiger partial charge in [-0.25, -0.2) is 4.39 Å². The molecule has 2 aromatic carbocycles. The number of halogens is 1. The van der Waals surface area contributed by atoms with E-state index >= 15 is 0 Å². The van der Waals surface area contributed by atoms with Gasteiger partial charge in [-0.15, -0.1) is 0 Å². The summed E-state index contributed by atoms with van der Waals surface area (Å²) in [5, 5.41) is 22.4. The Morgan fingerprint density at radius 3 is 2.50 bits per heavy atom. The van der Waals surface area contributed by atoms with E-state index in [1.54, 1.807) is 20.9 Å². The molecule has 0 aromatic heterocycles. The molecule has 1 atom stereocenters. The van der Waals surface area contributed by atoms with Gasteiger partial charge in [0.15, 0.2) is 11.6 Å². The number of nitrogens with two attached hydrogens (primary N) is 1. The first-order chi connectivity index (χ1) is 15.1. The van der Waals surface area contributed by atoms with Crippen molar-refractivity contribution in [3.63, 3.8) is 0 Å². The highest BCUT2D eigenvalue weighted by Gasteiger charge is 2.15. The van der Waals surface area contributed by atoms with Crippen LogP contribution in [0.15, 0.2) is 48.2 Å². The Kier molecular flexibility index (Phi) is 8.31. The van der Waals surface area contributed by atoms with E-state index in [1.165, 1.54) is 36.4 Å².